The molecule has 0 aliphatic heterocycles. The first-order chi connectivity index (χ1) is 10.1. The number of aliphatic hydroxyl groups excluding tert-OH is 1. The molecule has 3 N–H and O–H groups in total. The van der Waals surface area contributed by atoms with Crippen LogP contribution >= 0.6 is 0 Å². The van der Waals surface area contributed by atoms with Crippen molar-refractivity contribution in [2.45, 2.75) is 51.2 Å². The number of aryl methyl sites for hydroxylation is 1. The fourth-order valence-corrected chi connectivity index (χ4v) is 2.48. The van der Waals surface area contributed by atoms with E-state index < -0.39 is 11.8 Å². The molecule has 0 radical (unpaired) electrons. The second-order valence-electron chi connectivity index (χ2n) is 5.48. The maximum absolute atomic E-state index is 11.8. The first-order valence-corrected chi connectivity index (χ1v) is 7.47. The SMILES string of the molecule is CCc1ccc(NC(=O)C(=O)NC2CCC(O)CC2)cc1. The van der Waals surface area contributed by atoms with Crippen molar-refractivity contribution in [1.29, 1.82) is 0 Å². The average Bonchev–Trinajstić information content (AvgIpc) is 2.50. The van der Waals surface area contributed by atoms with Crippen LogP contribution in [0.4, 0.5) is 5.69 Å². The summed E-state index contributed by atoms with van der Waals surface area (Å²) in [6.45, 7) is 2.06. The normalized spacial score (nSPS) is 21.6. The summed E-state index contributed by atoms with van der Waals surface area (Å²) in [7, 11) is 0. The van der Waals surface area contributed by atoms with Crippen LogP contribution in [0.3, 0.4) is 0 Å². The maximum atomic E-state index is 11.8. The molecule has 1 fully saturated rings. The monoisotopic (exact) mass is 290 g/mol. The highest BCUT2D eigenvalue weighted by atomic mass is 16.3. The van der Waals surface area contributed by atoms with E-state index in [1.807, 2.05) is 12.1 Å². The van der Waals surface area contributed by atoms with E-state index in [9.17, 15) is 14.7 Å². The molecule has 0 bridgehead atoms. The lowest BCUT2D eigenvalue weighted by molar-refractivity contribution is -0.136. The van der Waals surface area contributed by atoms with Crippen LogP contribution in [0.5, 0.6) is 0 Å². The molecule has 1 aromatic rings. The van der Waals surface area contributed by atoms with Gasteiger partial charge in [0.05, 0.1) is 6.10 Å². The fraction of sp³-hybridized carbons (Fsp3) is 0.500. The van der Waals surface area contributed by atoms with Gasteiger partial charge in [-0.1, -0.05) is 19.1 Å². The number of rotatable bonds is 3. The zero-order chi connectivity index (χ0) is 15.2. The zero-order valence-electron chi connectivity index (χ0n) is 12.3. The van der Waals surface area contributed by atoms with Gasteiger partial charge in [-0.05, 0) is 49.8 Å². The number of nitrogens with one attached hydrogen (secondary N) is 2. The summed E-state index contributed by atoms with van der Waals surface area (Å²) < 4.78 is 0. The Bertz CT molecular complexity index is 491. The van der Waals surface area contributed by atoms with Crippen LogP contribution in [0.2, 0.25) is 0 Å². The molecule has 1 aromatic carbocycles. The minimum atomic E-state index is -0.648. The molecular weight excluding hydrogens is 268 g/mol. The molecule has 114 valence electrons. The summed E-state index contributed by atoms with van der Waals surface area (Å²) in [6.07, 6.45) is 3.43. The summed E-state index contributed by atoms with van der Waals surface area (Å²) in [5.74, 6) is -1.26. The van der Waals surface area contributed by atoms with Crippen molar-refractivity contribution < 1.29 is 14.7 Å². The molecule has 1 saturated carbocycles. The predicted molar refractivity (Wildman–Crippen MR) is 80.9 cm³/mol. The smallest absolute Gasteiger partial charge is 0.313 e. The van der Waals surface area contributed by atoms with Crippen LogP contribution < -0.4 is 10.6 Å². The first-order valence-electron chi connectivity index (χ1n) is 7.47. The zero-order valence-corrected chi connectivity index (χ0v) is 12.3. The van der Waals surface area contributed by atoms with Crippen molar-refractivity contribution in [3.05, 3.63) is 29.8 Å². The molecule has 5 nitrogen and oxygen atoms in total. The molecule has 2 amide bonds. The molecule has 2 rings (SSSR count). The Balaban J connectivity index is 1.83. The molecule has 0 atom stereocenters. The molecule has 0 saturated heterocycles. The first kappa shape index (κ1) is 15.5. The number of hydrogen-bond donors (Lipinski definition) is 3. The number of hydrogen-bond acceptors (Lipinski definition) is 3. The van der Waals surface area contributed by atoms with Gasteiger partial charge in [-0.3, -0.25) is 9.59 Å². The average molecular weight is 290 g/mol. The molecule has 1 aliphatic carbocycles. The molecule has 0 unspecified atom stereocenters. The van der Waals surface area contributed by atoms with E-state index in [2.05, 4.69) is 17.6 Å². The molecule has 21 heavy (non-hydrogen) atoms. The number of amides is 2. The Kier molecular flexibility index (Phi) is 5.33. The molecule has 0 spiro atoms. The van der Waals surface area contributed by atoms with Gasteiger partial charge < -0.3 is 15.7 Å². The van der Waals surface area contributed by atoms with Crippen molar-refractivity contribution in [2.75, 3.05) is 5.32 Å². The maximum Gasteiger partial charge on any atom is 0.313 e. The van der Waals surface area contributed by atoms with E-state index >= 15 is 0 Å². The van der Waals surface area contributed by atoms with Crippen molar-refractivity contribution in [3.63, 3.8) is 0 Å². The van der Waals surface area contributed by atoms with Crippen LogP contribution in [-0.2, 0) is 16.0 Å². The summed E-state index contributed by atoms with van der Waals surface area (Å²) in [5.41, 5.74) is 1.80. The van der Waals surface area contributed by atoms with Crippen molar-refractivity contribution >= 4 is 17.5 Å². The van der Waals surface area contributed by atoms with Gasteiger partial charge in [-0.15, -0.1) is 0 Å². The van der Waals surface area contributed by atoms with Gasteiger partial charge in [0.25, 0.3) is 0 Å². The summed E-state index contributed by atoms with van der Waals surface area (Å²) in [6, 6.07) is 7.42. The lowest BCUT2D eigenvalue weighted by Gasteiger charge is -2.25. The van der Waals surface area contributed by atoms with Crippen LogP contribution in [0.25, 0.3) is 0 Å². The van der Waals surface area contributed by atoms with Gasteiger partial charge in [0.1, 0.15) is 0 Å². The second-order valence-corrected chi connectivity index (χ2v) is 5.48. The summed E-state index contributed by atoms with van der Waals surface area (Å²) >= 11 is 0. The van der Waals surface area contributed by atoms with Crippen LogP contribution in [-0.4, -0.2) is 29.1 Å². The van der Waals surface area contributed by atoms with Gasteiger partial charge in [-0.2, -0.15) is 0 Å². The van der Waals surface area contributed by atoms with E-state index in [1.54, 1.807) is 12.1 Å². The number of carbonyl (C=O) groups excluding carboxylic acids is 2. The van der Waals surface area contributed by atoms with Gasteiger partial charge >= 0.3 is 11.8 Å². The highest BCUT2D eigenvalue weighted by Crippen LogP contribution is 2.18. The topological polar surface area (TPSA) is 78.4 Å². The third-order valence-electron chi connectivity index (χ3n) is 3.86. The summed E-state index contributed by atoms with van der Waals surface area (Å²) in [5, 5.41) is 14.7. The Morgan fingerprint density at radius 1 is 1.10 bits per heavy atom. The van der Waals surface area contributed by atoms with Gasteiger partial charge in [0, 0.05) is 11.7 Å². The minimum Gasteiger partial charge on any atom is -0.393 e. The fourth-order valence-electron chi connectivity index (χ4n) is 2.48. The van der Waals surface area contributed by atoms with Crippen LogP contribution in [0, 0.1) is 0 Å². The molecule has 1 aliphatic rings. The molecular formula is C16H22N2O3. The number of aliphatic hydroxyl groups is 1. The molecule has 5 heteroatoms. The van der Waals surface area contributed by atoms with Crippen molar-refractivity contribution in [3.8, 4) is 0 Å². The summed E-state index contributed by atoms with van der Waals surface area (Å²) in [4.78, 5) is 23.7. The van der Waals surface area contributed by atoms with E-state index in [-0.39, 0.29) is 12.1 Å². The van der Waals surface area contributed by atoms with Crippen molar-refractivity contribution in [2.24, 2.45) is 0 Å². The second kappa shape index (κ2) is 7.22. The van der Waals surface area contributed by atoms with E-state index in [4.69, 9.17) is 0 Å². The lowest BCUT2D eigenvalue weighted by Crippen LogP contribution is -2.43. The van der Waals surface area contributed by atoms with E-state index in [0.717, 1.165) is 6.42 Å². The Labute approximate surface area is 124 Å². The van der Waals surface area contributed by atoms with Crippen LogP contribution in [0.15, 0.2) is 24.3 Å². The lowest BCUT2D eigenvalue weighted by atomic mass is 9.93. The number of anilines is 1. The van der Waals surface area contributed by atoms with Crippen molar-refractivity contribution in [1.82, 2.24) is 5.32 Å². The Morgan fingerprint density at radius 2 is 1.71 bits per heavy atom. The van der Waals surface area contributed by atoms with Gasteiger partial charge in [0.2, 0.25) is 0 Å². The van der Waals surface area contributed by atoms with Gasteiger partial charge in [-0.25, -0.2) is 0 Å². The highest BCUT2D eigenvalue weighted by molar-refractivity contribution is 6.39. The highest BCUT2D eigenvalue weighted by Gasteiger charge is 2.23. The van der Waals surface area contributed by atoms with E-state index in [1.165, 1.54) is 5.56 Å². The van der Waals surface area contributed by atoms with E-state index in [0.29, 0.717) is 31.4 Å². The largest absolute Gasteiger partial charge is 0.393 e. The quantitative estimate of drug-likeness (QED) is 0.740. The molecule has 0 aromatic heterocycles. The standard InChI is InChI=1S/C16H22N2O3/c1-2-11-3-5-12(6-4-11)17-15(20)16(21)18-13-7-9-14(19)10-8-13/h3-6,13-14,19H,2,7-10H2,1H3,(H,17,20)(H,18,21). The Hall–Kier alpha value is -1.88. The third-order valence-corrected chi connectivity index (χ3v) is 3.86. The van der Waals surface area contributed by atoms with Gasteiger partial charge in [0.15, 0.2) is 0 Å². The third kappa shape index (κ3) is 4.56. The number of carbonyl (C=O) groups is 2. The molecule has 0 heterocycles. The van der Waals surface area contributed by atoms with Crippen LogP contribution in [0.1, 0.15) is 38.2 Å². The predicted octanol–water partition coefficient (Wildman–Crippen LogP) is 1.61. The number of benzene rings is 1. The Morgan fingerprint density at radius 3 is 2.29 bits per heavy atom. The minimum absolute atomic E-state index is 0.0193.